The molecule has 0 spiro atoms. The van der Waals surface area contributed by atoms with E-state index in [4.69, 9.17) is 0 Å². The summed E-state index contributed by atoms with van der Waals surface area (Å²) in [5.41, 5.74) is 4.29. The summed E-state index contributed by atoms with van der Waals surface area (Å²) in [4.78, 5) is 22.1. The highest BCUT2D eigenvalue weighted by atomic mass is 32.1. The van der Waals surface area contributed by atoms with Crippen molar-refractivity contribution in [2.45, 2.75) is 40.2 Å². The molecule has 0 aliphatic heterocycles. The number of nitrogens with one attached hydrogen (secondary N) is 1. The van der Waals surface area contributed by atoms with Gasteiger partial charge in [-0.1, -0.05) is 13.8 Å². The van der Waals surface area contributed by atoms with Crippen molar-refractivity contribution in [1.29, 1.82) is 0 Å². The lowest BCUT2D eigenvalue weighted by molar-refractivity contribution is -0.116. The Morgan fingerprint density at radius 2 is 2.00 bits per heavy atom. The number of hydrogen-bond donors (Lipinski definition) is 1. The SMILES string of the molecule is Cc1cc2ncn(CC(=O)Nc3ncc(C(C)C)s3)c2cc1C. The highest BCUT2D eigenvalue weighted by Gasteiger charge is 2.11. The Labute approximate surface area is 139 Å². The smallest absolute Gasteiger partial charge is 0.246 e. The fourth-order valence-electron chi connectivity index (χ4n) is 2.36. The Bertz CT molecular complexity index is 863. The van der Waals surface area contributed by atoms with Gasteiger partial charge in [-0.25, -0.2) is 9.97 Å². The lowest BCUT2D eigenvalue weighted by Gasteiger charge is -2.06. The highest BCUT2D eigenvalue weighted by molar-refractivity contribution is 7.15. The molecule has 0 aliphatic carbocycles. The molecule has 6 heteroatoms. The molecule has 0 saturated carbocycles. The van der Waals surface area contributed by atoms with E-state index in [1.165, 1.54) is 27.3 Å². The van der Waals surface area contributed by atoms with Crippen molar-refractivity contribution in [3.05, 3.63) is 40.7 Å². The van der Waals surface area contributed by atoms with Crippen molar-refractivity contribution in [3.8, 4) is 0 Å². The average molecular weight is 328 g/mol. The van der Waals surface area contributed by atoms with Crippen LogP contribution < -0.4 is 5.32 Å². The second-order valence-electron chi connectivity index (χ2n) is 6.07. The number of carbonyl (C=O) groups excluding carboxylic acids is 1. The molecule has 120 valence electrons. The van der Waals surface area contributed by atoms with E-state index in [0.29, 0.717) is 11.0 Å². The second-order valence-corrected chi connectivity index (χ2v) is 7.13. The summed E-state index contributed by atoms with van der Waals surface area (Å²) in [6.45, 7) is 8.59. The standard InChI is InChI=1S/C17H20N4OS/c1-10(2)15-7-18-17(23-15)20-16(22)8-21-9-19-13-5-11(3)12(4)6-14(13)21/h5-7,9-10H,8H2,1-4H3,(H,18,20,22). The fraction of sp³-hybridized carbons (Fsp3) is 0.353. The van der Waals surface area contributed by atoms with E-state index < -0.39 is 0 Å². The van der Waals surface area contributed by atoms with E-state index in [2.05, 4.69) is 55.1 Å². The number of imidazole rings is 1. The molecule has 1 N–H and O–H groups in total. The Kier molecular flexibility index (Phi) is 4.17. The molecule has 1 amide bonds. The maximum Gasteiger partial charge on any atom is 0.246 e. The van der Waals surface area contributed by atoms with Gasteiger partial charge in [0, 0.05) is 11.1 Å². The largest absolute Gasteiger partial charge is 0.321 e. The van der Waals surface area contributed by atoms with Gasteiger partial charge in [-0.3, -0.25) is 4.79 Å². The van der Waals surface area contributed by atoms with Gasteiger partial charge < -0.3 is 9.88 Å². The molecule has 23 heavy (non-hydrogen) atoms. The number of benzene rings is 1. The molecule has 0 bridgehead atoms. The van der Waals surface area contributed by atoms with Crippen LogP contribution in [0.15, 0.2) is 24.7 Å². The van der Waals surface area contributed by atoms with Crippen LogP contribution in [0.5, 0.6) is 0 Å². The minimum Gasteiger partial charge on any atom is -0.321 e. The van der Waals surface area contributed by atoms with Gasteiger partial charge in [0.2, 0.25) is 5.91 Å². The Morgan fingerprint density at radius 3 is 2.70 bits per heavy atom. The normalized spacial score (nSPS) is 11.3. The summed E-state index contributed by atoms with van der Waals surface area (Å²) >= 11 is 1.52. The van der Waals surface area contributed by atoms with E-state index in [1.807, 2.05) is 10.8 Å². The van der Waals surface area contributed by atoms with Crippen molar-refractivity contribution in [3.63, 3.8) is 0 Å². The van der Waals surface area contributed by atoms with Gasteiger partial charge >= 0.3 is 0 Å². The maximum atomic E-state index is 12.3. The first-order valence-electron chi connectivity index (χ1n) is 7.61. The third-order valence-electron chi connectivity index (χ3n) is 3.89. The van der Waals surface area contributed by atoms with Crippen LogP contribution in [0, 0.1) is 13.8 Å². The Morgan fingerprint density at radius 1 is 1.26 bits per heavy atom. The van der Waals surface area contributed by atoms with Gasteiger partial charge in [0.05, 0.1) is 17.4 Å². The van der Waals surface area contributed by atoms with E-state index in [9.17, 15) is 4.79 Å². The zero-order valence-electron chi connectivity index (χ0n) is 13.8. The maximum absolute atomic E-state index is 12.3. The molecule has 3 aromatic rings. The second kappa shape index (κ2) is 6.12. The van der Waals surface area contributed by atoms with Crippen molar-refractivity contribution in [1.82, 2.24) is 14.5 Å². The topological polar surface area (TPSA) is 59.8 Å². The van der Waals surface area contributed by atoms with Crippen LogP contribution in [0.1, 0.15) is 35.8 Å². The summed E-state index contributed by atoms with van der Waals surface area (Å²) in [7, 11) is 0. The molecule has 0 saturated heterocycles. The van der Waals surface area contributed by atoms with Gasteiger partial charge in [0.25, 0.3) is 0 Å². The first kappa shape index (κ1) is 15.7. The van der Waals surface area contributed by atoms with Gasteiger partial charge in [-0.15, -0.1) is 11.3 Å². The van der Waals surface area contributed by atoms with Crippen LogP contribution in [0.2, 0.25) is 0 Å². The number of carbonyl (C=O) groups is 1. The molecule has 2 aromatic heterocycles. The molecule has 3 rings (SSSR count). The minimum absolute atomic E-state index is 0.0906. The molecular formula is C17H20N4OS. The number of anilines is 1. The lowest BCUT2D eigenvalue weighted by Crippen LogP contribution is -2.18. The molecular weight excluding hydrogens is 308 g/mol. The van der Waals surface area contributed by atoms with Crippen molar-refractivity contribution in [2.75, 3.05) is 5.32 Å². The van der Waals surface area contributed by atoms with Crippen LogP contribution >= 0.6 is 11.3 Å². The Hall–Kier alpha value is -2.21. The van der Waals surface area contributed by atoms with E-state index in [-0.39, 0.29) is 12.5 Å². The number of nitrogens with zero attached hydrogens (tertiary/aromatic N) is 3. The van der Waals surface area contributed by atoms with E-state index in [1.54, 1.807) is 6.33 Å². The number of thiazole rings is 1. The zero-order chi connectivity index (χ0) is 16.6. The van der Waals surface area contributed by atoms with Gasteiger partial charge in [-0.2, -0.15) is 0 Å². The average Bonchev–Trinajstić information content (AvgIpc) is 3.08. The fourth-order valence-corrected chi connectivity index (χ4v) is 3.20. The van der Waals surface area contributed by atoms with Gasteiger partial charge in [0.15, 0.2) is 5.13 Å². The summed E-state index contributed by atoms with van der Waals surface area (Å²) in [5.74, 6) is 0.328. The predicted molar refractivity (Wildman–Crippen MR) is 94.0 cm³/mol. The number of aromatic nitrogens is 3. The zero-order valence-corrected chi connectivity index (χ0v) is 14.6. The van der Waals surface area contributed by atoms with Crippen LogP contribution in [-0.2, 0) is 11.3 Å². The minimum atomic E-state index is -0.0906. The molecule has 0 aliphatic rings. The van der Waals surface area contributed by atoms with Crippen LogP contribution in [0.3, 0.4) is 0 Å². The number of aryl methyl sites for hydroxylation is 2. The third kappa shape index (κ3) is 3.27. The lowest BCUT2D eigenvalue weighted by atomic mass is 10.1. The van der Waals surface area contributed by atoms with E-state index in [0.717, 1.165) is 11.0 Å². The summed E-state index contributed by atoms with van der Waals surface area (Å²) in [6.07, 6.45) is 3.54. The van der Waals surface area contributed by atoms with Crippen LogP contribution in [0.25, 0.3) is 11.0 Å². The summed E-state index contributed by atoms with van der Waals surface area (Å²) < 4.78 is 1.87. The Balaban J connectivity index is 1.76. The summed E-state index contributed by atoms with van der Waals surface area (Å²) in [6, 6.07) is 4.13. The van der Waals surface area contributed by atoms with Crippen molar-refractivity contribution < 1.29 is 4.79 Å². The van der Waals surface area contributed by atoms with Crippen molar-refractivity contribution >= 4 is 33.4 Å². The predicted octanol–water partition coefficient (Wildman–Crippen LogP) is 3.87. The van der Waals surface area contributed by atoms with E-state index >= 15 is 0 Å². The molecule has 0 fully saturated rings. The molecule has 5 nitrogen and oxygen atoms in total. The number of fused-ring (bicyclic) bond motifs is 1. The number of rotatable bonds is 4. The molecule has 1 aromatic carbocycles. The summed E-state index contributed by atoms with van der Waals surface area (Å²) in [5, 5.41) is 3.51. The number of amides is 1. The molecule has 2 heterocycles. The molecule has 0 atom stereocenters. The quantitative estimate of drug-likeness (QED) is 0.791. The molecule has 0 radical (unpaired) electrons. The third-order valence-corrected chi connectivity index (χ3v) is 5.10. The first-order chi connectivity index (χ1) is 10.9. The molecule has 0 unspecified atom stereocenters. The van der Waals surface area contributed by atoms with Crippen molar-refractivity contribution in [2.24, 2.45) is 0 Å². The van der Waals surface area contributed by atoms with Crippen LogP contribution in [0.4, 0.5) is 5.13 Å². The first-order valence-corrected chi connectivity index (χ1v) is 8.43. The monoisotopic (exact) mass is 328 g/mol. The van der Waals surface area contributed by atoms with Gasteiger partial charge in [-0.05, 0) is 43.0 Å². The van der Waals surface area contributed by atoms with Gasteiger partial charge in [0.1, 0.15) is 6.54 Å². The highest BCUT2D eigenvalue weighted by Crippen LogP contribution is 2.25. The number of hydrogen-bond acceptors (Lipinski definition) is 4. The van der Waals surface area contributed by atoms with Crippen LogP contribution in [-0.4, -0.2) is 20.4 Å².